The molecule has 5 rings (SSSR count). The van der Waals surface area contributed by atoms with Crippen molar-refractivity contribution in [2.75, 3.05) is 32.1 Å². The number of aromatic nitrogens is 3. The molecule has 3 aromatic rings. The van der Waals surface area contributed by atoms with Gasteiger partial charge in [-0.2, -0.15) is 0 Å². The number of rotatable bonds is 5. The smallest absolute Gasteiger partial charge is 0.233 e. The van der Waals surface area contributed by atoms with E-state index in [1.165, 1.54) is 11.8 Å². The molecule has 2 aromatic heterocycles. The van der Waals surface area contributed by atoms with Crippen LogP contribution in [-0.2, 0) is 14.3 Å². The highest BCUT2D eigenvalue weighted by Gasteiger charge is 2.40. The van der Waals surface area contributed by atoms with Gasteiger partial charge in [-0.25, -0.2) is 0 Å². The van der Waals surface area contributed by atoms with Crippen LogP contribution in [0.5, 0.6) is 0 Å². The lowest BCUT2D eigenvalue weighted by Crippen LogP contribution is -2.47. The Labute approximate surface area is 183 Å². The van der Waals surface area contributed by atoms with Gasteiger partial charge in [-0.1, -0.05) is 36.0 Å². The first kappa shape index (κ1) is 19.7. The first-order chi connectivity index (χ1) is 14.7. The topological polar surface area (TPSA) is 69.5 Å². The second kappa shape index (κ2) is 8.50. The fraction of sp³-hybridized carbons (Fsp3) is 0.381. The number of ether oxygens (including phenoxy) is 2. The van der Waals surface area contributed by atoms with E-state index in [2.05, 4.69) is 10.2 Å². The molecule has 0 atom stereocenters. The number of likely N-dealkylation sites (tertiary alicyclic amines) is 1. The Morgan fingerprint density at radius 2 is 1.83 bits per heavy atom. The molecule has 0 aliphatic carbocycles. The van der Waals surface area contributed by atoms with Crippen molar-refractivity contribution >= 4 is 29.0 Å². The van der Waals surface area contributed by atoms with E-state index in [-0.39, 0.29) is 5.91 Å². The monoisotopic (exact) mass is 442 g/mol. The van der Waals surface area contributed by atoms with E-state index in [0.717, 1.165) is 29.2 Å². The molecule has 1 aromatic carbocycles. The summed E-state index contributed by atoms with van der Waals surface area (Å²) in [5.74, 6) is 0.756. The molecule has 9 heteroatoms. The van der Waals surface area contributed by atoms with E-state index in [4.69, 9.17) is 9.47 Å². The zero-order chi connectivity index (χ0) is 20.4. The van der Waals surface area contributed by atoms with Gasteiger partial charge in [0.25, 0.3) is 0 Å². The van der Waals surface area contributed by atoms with Crippen LogP contribution in [0, 0.1) is 0 Å². The minimum Gasteiger partial charge on any atom is -0.347 e. The van der Waals surface area contributed by atoms with Crippen LogP contribution < -0.4 is 0 Å². The molecule has 156 valence electrons. The molecule has 2 aliphatic rings. The van der Waals surface area contributed by atoms with E-state index in [1.54, 1.807) is 11.3 Å². The summed E-state index contributed by atoms with van der Waals surface area (Å²) in [6, 6.07) is 14.0. The summed E-state index contributed by atoms with van der Waals surface area (Å²) in [7, 11) is 0. The fourth-order valence-corrected chi connectivity index (χ4v) is 5.39. The Morgan fingerprint density at radius 1 is 1.07 bits per heavy atom. The lowest BCUT2D eigenvalue weighted by Gasteiger charge is -2.37. The number of carbonyl (C=O) groups excluding carboxylic acids is 1. The van der Waals surface area contributed by atoms with Crippen LogP contribution in [0.1, 0.15) is 12.8 Å². The minimum absolute atomic E-state index is 0.105. The highest BCUT2D eigenvalue weighted by molar-refractivity contribution is 7.99. The maximum Gasteiger partial charge on any atom is 0.233 e. The van der Waals surface area contributed by atoms with Crippen molar-refractivity contribution in [1.82, 2.24) is 19.7 Å². The van der Waals surface area contributed by atoms with Gasteiger partial charge < -0.3 is 14.4 Å². The van der Waals surface area contributed by atoms with Crippen LogP contribution >= 0.6 is 23.1 Å². The number of benzene rings is 1. The third kappa shape index (κ3) is 3.90. The van der Waals surface area contributed by atoms with Crippen LogP contribution in [0.2, 0.25) is 0 Å². The molecule has 0 unspecified atom stereocenters. The average Bonchev–Trinajstić information content (AvgIpc) is 3.54. The predicted octanol–water partition coefficient (Wildman–Crippen LogP) is 3.45. The molecular formula is C21H22N4O3S2. The summed E-state index contributed by atoms with van der Waals surface area (Å²) in [4.78, 5) is 15.8. The minimum atomic E-state index is -0.465. The Balaban J connectivity index is 1.30. The van der Waals surface area contributed by atoms with E-state index in [1.807, 2.05) is 57.3 Å². The maximum absolute atomic E-state index is 12.8. The van der Waals surface area contributed by atoms with Crippen LogP contribution in [-0.4, -0.2) is 63.4 Å². The summed E-state index contributed by atoms with van der Waals surface area (Å²) in [6.07, 6.45) is 1.46. The van der Waals surface area contributed by atoms with Crippen LogP contribution in [0.25, 0.3) is 16.4 Å². The van der Waals surface area contributed by atoms with E-state index < -0.39 is 5.79 Å². The third-order valence-electron chi connectivity index (χ3n) is 5.41. The second-order valence-electron chi connectivity index (χ2n) is 7.23. The van der Waals surface area contributed by atoms with Gasteiger partial charge in [0.2, 0.25) is 5.91 Å². The van der Waals surface area contributed by atoms with E-state index in [0.29, 0.717) is 37.2 Å². The fourth-order valence-electron chi connectivity index (χ4n) is 3.84. The number of para-hydroxylation sites is 1. The molecule has 0 radical (unpaired) electrons. The van der Waals surface area contributed by atoms with Crippen LogP contribution in [0.15, 0.2) is 53.0 Å². The molecule has 0 N–H and O–H groups in total. The molecule has 0 bridgehead atoms. The van der Waals surface area contributed by atoms with E-state index in [9.17, 15) is 4.79 Å². The van der Waals surface area contributed by atoms with Gasteiger partial charge >= 0.3 is 0 Å². The molecule has 2 aliphatic heterocycles. The Bertz CT molecular complexity index is 991. The van der Waals surface area contributed by atoms with E-state index >= 15 is 0 Å². The summed E-state index contributed by atoms with van der Waals surface area (Å²) in [6.45, 7) is 2.60. The summed E-state index contributed by atoms with van der Waals surface area (Å²) >= 11 is 3.05. The lowest BCUT2D eigenvalue weighted by molar-refractivity contribution is -0.186. The zero-order valence-corrected chi connectivity index (χ0v) is 18.0. The largest absolute Gasteiger partial charge is 0.347 e. The molecule has 2 fully saturated rings. The number of piperidine rings is 1. The highest BCUT2D eigenvalue weighted by atomic mass is 32.2. The molecule has 1 spiro atoms. The van der Waals surface area contributed by atoms with Gasteiger partial charge in [-0.05, 0) is 23.6 Å². The average molecular weight is 443 g/mol. The number of thioether (sulfide) groups is 1. The normalized spacial score (nSPS) is 18.2. The Kier molecular flexibility index (Phi) is 5.60. The molecule has 30 heavy (non-hydrogen) atoms. The van der Waals surface area contributed by atoms with Crippen molar-refractivity contribution in [3.8, 4) is 16.4 Å². The van der Waals surface area contributed by atoms with Gasteiger partial charge in [-0.3, -0.25) is 9.36 Å². The highest BCUT2D eigenvalue weighted by Crippen LogP contribution is 2.33. The van der Waals surface area contributed by atoms with Gasteiger partial charge in [0, 0.05) is 31.6 Å². The quantitative estimate of drug-likeness (QED) is 0.564. The summed E-state index contributed by atoms with van der Waals surface area (Å²) in [5, 5.41) is 11.6. The SMILES string of the molecule is O=C(CSc1nnc(-c2cccs2)n1-c1ccccc1)N1CCC2(CC1)OCCO2. The summed E-state index contributed by atoms with van der Waals surface area (Å²) < 4.78 is 13.5. The van der Waals surface area contributed by atoms with Crippen molar-refractivity contribution in [3.63, 3.8) is 0 Å². The number of carbonyl (C=O) groups is 1. The van der Waals surface area contributed by atoms with Crippen molar-refractivity contribution in [2.45, 2.75) is 23.8 Å². The molecule has 4 heterocycles. The second-order valence-corrected chi connectivity index (χ2v) is 9.12. The first-order valence-electron chi connectivity index (χ1n) is 9.97. The van der Waals surface area contributed by atoms with Crippen molar-refractivity contribution in [2.24, 2.45) is 0 Å². The van der Waals surface area contributed by atoms with Gasteiger partial charge in [0.1, 0.15) is 0 Å². The number of thiophene rings is 1. The standard InChI is InChI=1S/C21H22N4O3S2/c26-18(24-10-8-21(9-11-24)27-12-13-28-21)15-30-20-23-22-19(17-7-4-14-29-17)25(20)16-5-2-1-3-6-16/h1-7,14H,8-13,15H2. The first-order valence-corrected chi connectivity index (χ1v) is 11.8. The van der Waals surface area contributed by atoms with Gasteiger partial charge in [0.05, 0.1) is 23.8 Å². The van der Waals surface area contributed by atoms with Crippen molar-refractivity contribution in [3.05, 3.63) is 47.8 Å². The molecule has 7 nitrogen and oxygen atoms in total. The van der Waals surface area contributed by atoms with Gasteiger partial charge in [-0.15, -0.1) is 21.5 Å². The van der Waals surface area contributed by atoms with Crippen LogP contribution in [0.3, 0.4) is 0 Å². The van der Waals surface area contributed by atoms with Crippen LogP contribution in [0.4, 0.5) is 0 Å². The lowest BCUT2D eigenvalue weighted by atomic mass is 10.0. The molecule has 2 saturated heterocycles. The number of amides is 1. The summed E-state index contributed by atoms with van der Waals surface area (Å²) in [5.41, 5.74) is 0.983. The Hall–Kier alpha value is -2.20. The zero-order valence-electron chi connectivity index (χ0n) is 16.4. The number of hydrogen-bond donors (Lipinski definition) is 0. The molecular weight excluding hydrogens is 420 g/mol. The third-order valence-corrected chi connectivity index (χ3v) is 7.19. The van der Waals surface area contributed by atoms with Crippen molar-refractivity contribution in [1.29, 1.82) is 0 Å². The number of nitrogens with zero attached hydrogens (tertiary/aromatic N) is 4. The Morgan fingerprint density at radius 3 is 2.53 bits per heavy atom. The number of hydrogen-bond acceptors (Lipinski definition) is 7. The predicted molar refractivity (Wildman–Crippen MR) is 116 cm³/mol. The maximum atomic E-state index is 12.8. The molecule has 1 amide bonds. The molecule has 0 saturated carbocycles. The van der Waals surface area contributed by atoms with Gasteiger partial charge in [0.15, 0.2) is 16.8 Å². The van der Waals surface area contributed by atoms with Crippen molar-refractivity contribution < 1.29 is 14.3 Å².